The highest BCUT2D eigenvalue weighted by molar-refractivity contribution is 5.94. The molecular formula is C17H28N2O2. The van der Waals surface area contributed by atoms with E-state index in [4.69, 9.17) is 0 Å². The van der Waals surface area contributed by atoms with Gasteiger partial charge in [0.2, 0.25) is 0 Å². The SMILES string of the molecule is CCNCCC(O)C(CC(C)C)NC(=O)c1ccccc1. The highest BCUT2D eigenvalue weighted by Crippen LogP contribution is 2.12. The molecule has 0 aliphatic heterocycles. The van der Waals surface area contributed by atoms with Crippen molar-refractivity contribution in [2.45, 2.75) is 45.8 Å². The van der Waals surface area contributed by atoms with Crippen molar-refractivity contribution in [3.8, 4) is 0 Å². The summed E-state index contributed by atoms with van der Waals surface area (Å²) in [6, 6.07) is 8.92. The fraction of sp³-hybridized carbons (Fsp3) is 0.588. The maximum Gasteiger partial charge on any atom is 0.251 e. The maximum atomic E-state index is 12.2. The van der Waals surface area contributed by atoms with Crippen LogP contribution in [0.15, 0.2) is 30.3 Å². The van der Waals surface area contributed by atoms with Crippen LogP contribution in [0.4, 0.5) is 0 Å². The topological polar surface area (TPSA) is 61.4 Å². The second-order valence-electron chi connectivity index (χ2n) is 5.79. The smallest absolute Gasteiger partial charge is 0.251 e. The van der Waals surface area contributed by atoms with Gasteiger partial charge >= 0.3 is 0 Å². The van der Waals surface area contributed by atoms with Gasteiger partial charge in [-0.25, -0.2) is 0 Å². The summed E-state index contributed by atoms with van der Waals surface area (Å²) in [5, 5.41) is 16.5. The minimum Gasteiger partial charge on any atom is -0.391 e. The van der Waals surface area contributed by atoms with E-state index in [0.717, 1.165) is 19.5 Å². The summed E-state index contributed by atoms with van der Waals surface area (Å²) in [5.74, 6) is 0.295. The van der Waals surface area contributed by atoms with Crippen molar-refractivity contribution >= 4 is 5.91 Å². The highest BCUT2D eigenvalue weighted by atomic mass is 16.3. The van der Waals surface area contributed by atoms with Crippen molar-refractivity contribution in [2.75, 3.05) is 13.1 Å². The number of benzene rings is 1. The Morgan fingerprint density at radius 2 is 1.90 bits per heavy atom. The molecule has 1 aromatic rings. The van der Waals surface area contributed by atoms with E-state index in [1.165, 1.54) is 0 Å². The zero-order chi connectivity index (χ0) is 15.7. The van der Waals surface area contributed by atoms with Crippen LogP contribution in [0.5, 0.6) is 0 Å². The third-order valence-electron chi connectivity index (χ3n) is 3.41. The Morgan fingerprint density at radius 1 is 1.24 bits per heavy atom. The molecule has 0 heterocycles. The third-order valence-corrected chi connectivity index (χ3v) is 3.41. The largest absolute Gasteiger partial charge is 0.391 e. The second-order valence-corrected chi connectivity index (χ2v) is 5.79. The van der Waals surface area contributed by atoms with Crippen molar-refractivity contribution < 1.29 is 9.90 Å². The molecule has 0 saturated carbocycles. The first-order valence-electron chi connectivity index (χ1n) is 7.79. The maximum absolute atomic E-state index is 12.2. The van der Waals surface area contributed by atoms with Crippen molar-refractivity contribution in [3.63, 3.8) is 0 Å². The first kappa shape index (κ1) is 17.7. The molecule has 1 amide bonds. The molecule has 4 heteroatoms. The van der Waals surface area contributed by atoms with Crippen molar-refractivity contribution in [1.82, 2.24) is 10.6 Å². The number of carbonyl (C=O) groups is 1. The molecule has 0 radical (unpaired) electrons. The number of aliphatic hydroxyl groups excluding tert-OH is 1. The van der Waals surface area contributed by atoms with Gasteiger partial charge in [0.25, 0.3) is 5.91 Å². The lowest BCUT2D eigenvalue weighted by Crippen LogP contribution is -2.45. The molecule has 2 atom stereocenters. The van der Waals surface area contributed by atoms with Gasteiger partial charge in [0.1, 0.15) is 0 Å². The van der Waals surface area contributed by atoms with E-state index in [-0.39, 0.29) is 11.9 Å². The molecule has 0 fully saturated rings. The average molecular weight is 292 g/mol. The molecule has 2 unspecified atom stereocenters. The highest BCUT2D eigenvalue weighted by Gasteiger charge is 2.22. The van der Waals surface area contributed by atoms with E-state index in [2.05, 4.69) is 24.5 Å². The van der Waals surface area contributed by atoms with Crippen molar-refractivity contribution in [1.29, 1.82) is 0 Å². The van der Waals surface area contributed by atoms with Crippen molar-refractivity contribution in [2.24, 2.45) is 5.92 Å². The molecule has 118 valence electrons. The molecule has 0 aliphatic carbocycles. The van der Waals surface area contributed by atoms with Crippen LogP contribution in [-0.4, -0.2) is 36.2 Å². The van der Waals surface area contributed by atoms with Crippen LogP contribution in [0.1, 0.15) is 44.0 Å². The molecule has 4 nitrogen and oxygen atoms in total. The van der Waals surface area contributed by atoms with E-state index in [0.29, 0.717) is 17.9 Å². The molecule has 3 N–H and O–H groups in total. The predicted octanol–water partition coefficient (Wildman–Crippen LogP) is 2.19. The van der Waals surface area contributed by atoms with Gasteiger partial charge in [0.15, 0.2) is 0 Å². The van der Waals surface area contributed by atoms with Gasteiger partial charge in [-0.2, -0.15) is 0 Å². The molecule has 21 heavy (non-hydrogen) atoms. The Hall–Kier alpha value is -1.39. The number of aliphatic hydroxyl groups is 1. The Labute approximate surface area is 128 Å². The van der Waals surface area contributed by atoms with Crippen LogP contribution in [0.3, 0.4) is 0 Å². The molecule has 0 spiro atoms. The number of carbonyl (C=O) groups excluding carboxylic acids is 1. The van der Waals surface area contributed by atoms with Crippen LogP contribution in [0.2, 0.25) is 0 Å². The molecule has 1 aromatic carbocycles. The lowest BCUT2D eigenvalue weighted by Gasteiger charge is -2.26. The molecule has 0 saturated heterocycles. The van der Waals surface area contributed by atoms with Gasteiger partial charge in [-0.1, -0.05) is 39.0 Å². The third kappa shape index (κ3) is 6.74. The van der Waals surface area contributed by atoms with Crippen LogP contribution < -0.4 is 10.6 Å². The lowest BCUT2D eigenvalue weighted by atomic mass is 9.97. The Kier molecular flexibility index (Phi) is 8.01. The fourth-order valence-corrected chi connectivity index (χ4v) is 2.29. The zero-order valence-corrected chi connectivity index (χ0v) is 13.3. The first-order valence-corrected chi connectivity index (χ1v) is 7.79. The number of hydrogen-bond donors (Lipinski definition) is 3. The van der Waals surface area contributed by atoms with Gasteiger partial charge in [-0.05, 0) is 44.0 Å². The van der Waals surface area contributed by atoms with Crippen LogP contribution in [-0.2, 0) is 0 Å². The van der Waals surface area contributed by atoms with Gasteiger partial charge in [0, 0.05) is 5.56 Å². The molecule has 0 aromatic heterocycles. The summed E-state index contributed by atoms with van der Waals surface area (Å²) >= 11 is 0. The molecular weight excluding hydrogens is 264 g/mol. The van der Waals surface area contributed by atoms with E-state index >= 15 is 0 Å². The average Bonchev–Trinajstić information content (AvgIpc) is 2.47. The van der Waals surface area contributed by atoms with E-state index in [9.17, 15) is 9.90 Å². The Bertz CT molecular complexity index is 407. The molecule has 0 bridgehead atoms. The normalized spacial score (nSPS) is 14.0. The first-order chi connectivity index (χ1) is 10.0. The number of nitrogens with one attached hydrogen (secondary N) is 2. The Morgan fingerprint density at radius 3 is 2.48 bits per heavy atom. The van der Waals surface area contributed by atoms with Crippen LogP contribution in [0.25, 0.3) is 0 Å². The number of hydrogen-bond acceptors (Lipinski definition) is 3. The van der Waals surface area contributed by atoms with Gasteiger partial charge in [-0.15, -0.1) is 0 Å². The fourth-order valence-electron chi connectivity index (χ4n) is 2.29. The lowest BCUT2D eigenvalue weighted by molar-refractivity contribution is 0.0781. The summed E-state index contributed by atoms with van der Waals surface area (Å²) in [5.41, 5.74) is 0.630. The quantitative estimate of drug-likeness (QED) is 0.611. The number of rotatable bonds is 9. The van der Waals surface area contributed by atoms with Gasteiger partial charge in [-0.3, -0.25) is 4.79 Å². The number of amides is 1. The molecule has 0 aliphatic rings. The monoisotopic (exact) mass is 292 g/mol. The van der Waals surface area contributed by atoms with E-state index in [1.807, 2.05) is 25.1 Å². The minimum absolute atomic E-state index is 0.122. The standard InChI is InChI=1S/C17H28N2O2/c1-4-18-11-10-16(20)15(12-13(2)3)19-17(21)14-8-6-5-7-9-14/h5-9,13,15-16,18,20H,4,10-12H2,1-3H3,(H,19,21). The molecule has 1 rings (SSSR count). The van der Waals surface area contributed by atoms with Crippen LogP contribution in [0, 0.1) is 5.92 Å². The van der Waals surface area contributed by atoms with Crippen LogP contribution >= 0.6 is 0 Å². The Balaban J connectivity index is 2.62. The van der Waals surface area contributed by atoms with E-state index in [1.54, 1.807) is 12.1 Å². The second kappa shape index (κ2) is 9.53. The van der Waals surface area contributed by atoms with Gasteiger partial charge in [0.05, 0.1) is 12.1 Å². The summed E-state index contributed by atoms with van der Waals surface area (Å²) in [7, 11) is 0. The summed E-state index contributed by atoms with van der Waals surface area (Å²) < 4.78 is 0. The summed E-state index contributed by atoms with van der Waals surface area (Å²) in [6.07, 6.45) is 0.880. The van der Waals surface area contributed by atoms with Gasteiger partial charge < -0.3 is 15.7 Å². The summed E-state index contributed by atoms with van der Waals surface area (Å²) in [6.45, 7) is 7.87. The zero-order valence-electron chi connectivity index (χ0n) is 13.3. The predicted molar refractivity (Wildman–Crippen MR) is 86.3 cm³/mol. The van der Waals surface area contributed by atoms with E-state index < -0.39 is 6.10 Å². The van der Waals surface area contributed by atoms with Crippen molar-refractivity contribution in [3.05, 3.63) is 35.9 Å². The summed E-state index contributed by atoms with van der Waals surface area (Å²) in [4.78, 5) is 12.2. The minimum atomic E-state index is -0.529.